The molecular formula is C24H21FN6. The van der Waals surface area contributed by atoms with Crippen LogP contribution in [-0.2, 0) is 7.05 Å². The molecule has 0 saturated carbocycles. The van der Waals surface area contributed by atoms with E-state index in [2.05, 4.69) is 25.9 Å². The van der Waals surface area contributed by atoms with E-state index in [9.17, 15) is 4.39 Å². The summed E-state index contributed by atoms with van der Waals surface area (Å²) in [7, 11) is 1.87. The van der Waals surface area contributed by atoms with Crippen molar-refractivity contribution in [2.75, 3.05) is 0 Å². The van der Waals surface area contributed by atoms with Gasteiger partial charge in [-0.1, -0.05) is 41.6 Å². The van der Waals surface area contributed by atoms with E-state index in [0.29, 0.717) is 5.69 Å². The van der Waals surface area contributed by atoms with Crippen LogP contribution in [0.1, 0.15) is 28.8 Å². The lowest BCUT2D eigenvalue weighted by molar-refractivity contribution is 0.556. The quantitative estimate of drug-likeness (QED) is 0.432. The van der Waals surface area contributed by atoms with E-state index in [1.165, 1.54) is 6.07 Å². The second kappa shape index (κ2) is 7.43. The van der Waals surface area contributed by atoms with Crippen molar-refractivity contribution in [1.29, 1.82) is 0 Å². The van der Waals surface area contributed by atoms with Crippen molar-refractivity contribution in [2.45, 2.75) is 19.9 Å². The molecule has 0 aliphatic heterocycles. The highest BCUT2D eigenvalue weighted by atomic mass is 19.1. The maximum Gasteiger partial charge on any atom is 0.147 e. The first-order valence-electron chi connectivity index (χ1n) is 10.0. The molecule has 154 valence electrons. The number of aryl methyl sites for hydroxylation is 3. The van der Waals surface area contributed by atoms with Gasteiger partial charge in [0, 0.05) is 18.8 Å². The van der Waals surface area contributed by atoms with E-state index in [0.717, 1.165) is 39.4 Å². The molecule has 0 N–H and O–H groups in total. The Morgan fingerprint density at radius 3 is 2.48 bits per heavy atom. The fourth-order valence-corrected chi connectivity index (χ4v) is 4.21. The fourth-order valence-electron chi connectivity index (χ4n) is 4.21. The molecule has 5 aromatic rings. The first kappa shape index (κ1) is 19.1. The number of aromatic nitrogens is 6. The number of benzene rings is 2. The first-order chi connectivity index (χ1) is 15.0. The molecule has 0 unspecified atom stereocenters. The molecule has 0 aliphatic carbocycles. The predicted octanol–water partition coefficient (Wildman–Crippen LogP) is 4.62. The SMILES string of the molecule is Cc1nnn(C)c1-c1ccc2nc(C)n([C@H](c3ccccc3)c3ncccc3F)c2c1. The number of fused-ring (bicyclic) bond motifs is 1. The summed E-state index contributed by atoms with van der Waals surface area (Å²) in [6, 6.07) is 18.5. The molecule has 0 fully saturated rings. The van der Waals surface area contributed by atoms with Gasteiger partial charge in [0.2, 0.25) is 0 Å². The smallest absolute Gasteiger partial charge is 0.147 e. The maximum absolute atomic E-state index is 14.9. The monoisotopic (exact) mass is 412 g/mol. The van der Waals surface area contributed by atoms with Gasteiger partial charge >= 0.3 is 0 Å². The highest BCUT2D eigenvalue weighted by molar-refractivity contribution is 5.83. The standard InChI is InChI=1S/C24H21FN6/c1-15-23(30(3)29-28-15)18-11-12-20-21(14-18)31(16(2)27-20)24(17-8-5-4-6-9-17)22-19(25)10-7-13-26-22/h4-14,24H,1-3H3/t24-/m1/s1. The summed E-state index contributed by atoms with van der Waals surface area (Å²) in [5.41, 5.74) is 5.80. The van der Waals surface area contributed by atoms with Crippen LogP contribution < -0.4 is 0 Å². The lowest BCUT2D eigenvalue weighted by Gasteiger charge is -2.22. The summed E-state index contributed by atoms with van der Waals surface area (Å²) in [5.74, 6) is 0.436. The summed E-state index contributed by atoms with van der Waals surface area (Å²) >= 11 is 0. The van der Waals surface area contributed by atoms with Crippen LogP contribution in [0, 0.1) is 19.7 Å². The molecular weight excluding hydrogens is 391 g/mol. The van der Waals surface area contributed by atoms with Gasteiger partial charge in [0.05, 0.1) is 22.4 Å². The van der Waals surface area contributed by atoms with Gasteiger partial charge < -0.3 is 4.57 Å². The van der Waals surface area contributed by atoms with Crippen LogP contribution in [0.2, 0.25) is 0 Å². The van der Waals surface area contributed by atoms with E-state index in [4.69, 9.17) is 4.98 Å². The summed E-state index contributed by atoms with van der Waals surface area (Å²) in [6.07, 6.45) is 1.62. The first-order valence-corrected chi connectivity index (χ1v) is 10.0. The van der Waals surface area contributed by atoms with Crippen molar-refractivity contribution in [3.63, 3.8) is 0 Å². The lowest BCUT2D eigenvalue weighted by Crippen LogP contribution is -2.17. The van der Waals surface area contributed by atoms with E-state index in [1.807, 2.05) is 63.4 Å². The average Bonchev–Trinajstić information content (AvgIpc) is 3.28. The van der Waals surface area contributed by atoms with Crippen LogP contribution in [0.25, 0.3) is 22.3 Å². The molecule has 0 radical (unpaired) electrons. The predicted molar refractivity (Wildman–Crippen MR) is 117 cm³/mol. The number of hydrogen-bond donors (Lipinski definition) is 0. The topological polar surface area (TPSA) is 61.4 Å². The molecule has 2 aromatic carbocycles. The summed E-state index contributed by atoms with van der Waals surface area (Å²) in [4.78, 5) is 9.17. The highest BCUT2D eigenvalue weighted by Gasteiger charge is 2.25. The number of nitrogens with zero attached hydrogens (tertiary/aromatic N) is 6. The van der Waals surface area contributed by atoms with Crippen molar-refractivity contribution in [2.24, 2.45) is 7.05 Å². The Morgan fingerprint density at radius 2 is 1.77 bits per heavy atom. The number of pyridine rings is 1. The third kappa shape index (κ3) is 3.18. The van der Waals surface area contributed by atoms with E-state index < -0.39 is 6.04 Å². The Kier molecular flexibility index (Phi) is 4.58. The zero-order chi connectivity index (χ0) is 21.5. The largest absolute Gasteiger partial charge is 0.315 e. The lowest BCUT2D eigenvalue weighted by atomic mass is 10.0. The van der Waals surface area contributed by atoms with Crippen LogP contribution in [0.15, 0.2) is 66.9 Å². The normalized spacial score (nSPS) is 12.4. The second-order valence-corrected chi connectivity index (χ2v) is 7.56. The molecule has 0 spiro atoms. The van der Waals surface area contributed by atoms with Gasteiger partial charge in [-0.25, -0.2) is 14.1 Å². The Balaban J connectivity index is 1.79. The second-order valence-electron chi connectivity index (χ2n) is 7.56. The molecule has 0 amide bonds. The van der Waals surface area contributed by atoms with Crippen molar-refractivity contribution in [3.8, 4) is 11.3 Å². The van der Waals surface area contributed by atoms with Crippen molar-refractivity contribution in [3.05, 3.63) is 95.5 Å². The van der Waals surface area contributed by atoms with E-state index in [1.54, 1.807) is 16.9 Å². The Hall–Kier alpha value is -3.87. The van der Waals surface area contributed by atoms with Gasteiger partial charge in [-0.2, -0.15) is 0 Å². The van der Waals surface area contributed by atoms with Gasteiger partial charge in [0.1, 0.15) is 23.4 Å². The summed E-state index contributed by atoms with van der Waals surface area (Å²) < 4.78 is 18.8. The van der Waals surface area contributed by atoms with Gasteiger partial charge in [-0.3, -0.25) is 4.98 Å². The fraction of sp³-hybridized carbons (Fsp3) is 0.167. The molecule has 3 aromatic heterocycles. The molecule has 3 heterocycles. The number of rotatable bonds is 4. The van der Waals surface area contributed by atoms with Crippen molar-refractivity contribution in [1.82, 2.24) is 29.5 Å². The zero-order valence-electron chi connectivity index (χ0n) is 17.5. The Labute approximate surface area is 179 Å². The van der Waals surface area contributed by atoms with Crippen molar-refractivity contribution >= 4 is 11.0 Å². The summed E-state index contributed by atoms with van der Waals surface area (Å²) in [6.45, 7) is 3.87. The molecule has 31 heavy (non-hydrogen) atoms. The van der Waals surface area contributed by atoms with Gasteiger partial charge in [0.15, 0.2) is 0 Å². The molecule has 0 bridgehead atoms. The molecule has 0 aliphatic rings. The molecule has 7 heteroatoms. The average molecular weight is 412 g/mol. The maximum atomic E-state index is 14.9. The zero-order valence-corrected chi connectivity index (χ0v) is 17.5. The minimum atomic E-state index is -0.451. The van der Waals surface area contributed by atoms with E-state index >= 15 is 0 Å². The van der Waals surface area contributed by atoms with Crippen LogP contribution in [-0.4, -0.2) is 29.5 Å². The van der Waals surface area contributed by atoms with Crippen LogP contribution in [0.3, 0.4) is 0 Å². The van der Waals surface area contributed by atoms with Gasteiger partial charge in [-0.15, -0.1) is 5.10 Å². The van der Waals surface area contributed by atoms with E-state index in [-0.39, 0.29) is 5.82 Å². The van der Waals surface area contributed by atoms with Crippen LogP contribution >= 0.6 is 0 Å². The molecule has 5 rings (SSSR count). The summed E-state index contributed by atoms with van der Waals surface area (Å²) in [5, 5.41) is 8.30. The Bertz CT molecular complexity index is 1370. The van der Waals surface area contributed by atoms with Crippen molar-refractivity contribution < 1.29 is 4.39 Å². The third-order valence-electron chi connectivity index (χ3n) is 5.55. The molecule has 0 saturated heterocycles. The van der Waals surface area contributed by atoms with Gasteiger partial charge in [-0.05, 0) is 43.7 Å². The highest BCUT2D eigenvalue weighted by Crippen LogP contribution is 2.34. The van der Waals surface area contributed by atoms with Crippen LogP contribution in [0.4, 0.5) is 4.39 Å². The number of hydrogen-bond acceptors (Lipinski definition) is 4. The number of halogens is 1. The Morgan fingerprint density at radius 1 is 0.968 bits per heavy atom. The van der Waals surface area contributed by atoms with Gasteiger partial charge in [0.25, 0.3) is 0 Å². The molecule has 1 atom stereocenters. The van der Waals surface area contributed by atoms with Crippen LogP contribution in [0.5, 0.6) is 0 Å². The molecule has 6 nitrogen and oxygen atoms in total. The third-order valence-corrected chi connectivity index (χ3v) is 5.55. The minimum absolute atomic E-state index is 0.347. The minimum Gasteiger partial charge on any atom is -0.315 e. The number of imidazole rings is 1.